The first-order valence-corrected chi connectivity index (χ1v) is 8.70. The van der Waals surface area contributed by atoms with Crippen molar-refractivity contribution in [2.45, 2.75) is 51.5 Å². The third kappa shape index (κ3) is 2.62. The van der Waals surface area contributed by atoms with Crippen LogP contribution in [0.25, 0.3) is 5.70 Å². The molecule has 24 heavy (non-hydrogen) atoms. The molecular weight excluding hydrogens is 317 g/mol. The lowest BCUT2D eigenvalue weighted by Gasteiger charge is -2.28. The van der Waals surface area contributed by atoms with Gasteiger partial charge in [-0.25, -0.2) is 4.98 Å². The zero-order valence-corrected chi connectivity index (χ0v) is 13.9. The van der Waals surface area contributed by atoms with Crippen LogP contribution in [-0.4, -0.2) is 33.6 Å². The van der Waals surface area contributed by atoms with Crippen molar-refractivity contribution in [3.8, 4) is 0 Å². The van der Waals surface area contributed by atoms with E-state index < -0.39 is 12.0 Å². The summed E-state index contributed by atoms with van der Waals surface area (Å²) < 4.78 is 41.9. The Morgan fingerprint density at radius 3 is 2.54 bits per heavy atom. The molecule has 3 atom stereocenters. The molecule has 0 radical (unpaired) electrons. The van der Waals surface area contributed by atoms with Crippen LogP contribution in [0.4, 0.5) is 13.2 Å². The van der Waals surface area contributed by atoms with Crippen LogP contribution in [0.15, 0.2) is 6.58 Å². The van der Waals surface area contributed by atoms with Crippen molar-refractivity contribution in [2.24, 2.45) is 11.8 Å². The van der Waals surface area contributed by atoms with E-state index >= 15 is 0 Å². The Labute approximate surface area is 139 Å². The predicted octanol–water partition coefficient (Wildman–Crippen LogP) is 3.10. The van der Waals surface area contributed by atoms with Gasteiger partial charge in [0.25, 0.3) is 0 Å². The molecule has 0 spiro atoms. The van der Waals surface area contributed by atoms with E-state index in [9.17, 15) is 13.2 Å². The van der Waals surface area contributed by atoms with Gasteiger partial charge in [-0.1, -0.05) is 13.5 Å². The number of imidazole rings is 1. The minimum Gasteiger partial charge on any atom is -0.370 e. The fourth-order valence-corrected chi connectivity index (χ4v) is 4.13. The Hall–Kier alpha value is -1.50. The third-order valence-corrected chi connectivity index (χ3v) is 5.69. The number of aromatic nitrogens is 2. The van der Waals surface area contributed by atoms with Gasteiger partial charge in [0.1, 0.15) is 5.69 Å². The Kier molecular flexibility index (Phi) is 3.67. The van der Waals surface area contributed by atoms with Crippen molar-refractivity contribution in [3.63, 3.8) is 0 Å². The number of halogens is 3. The number of nitrogens with zero attached hydrogens (tertiary/aromatic N) is 3. The van der Waals surface area contributed by atoms with Gasteiger partial charge >= 0.3 is 6.18 Å². The molecule has 1 aliphatic carbocycles. The van der Waals surface area contributed by atoms with E-state index in [2.05, 4.69) is 28.7 Å². The summed E-state index contributed by atoms with van der Waals surface area (Å²) in [4.78, 5) is 6.05. The maximum Gasteiger partial charge on any atom is 0.449 e. The van der Waals surface area contributed by atoms with Crippen molar-refractivity contribution in [1.29, 1.82) is 0 Å². The van der Waals surface area contributed by atoms with E-state index in [0.717, 1.165) is 32.4 Å². The summed E-state index contributed by atoms with van der Waals surface area (Å²) >= 11 is 0. The number of hydrogen-bond donors (Lipinski definition) is 1. The Morgan fingerprint density at radius 2 is 1.96 bits per heavy atom. The zero-order chi connectivity index (χ0) is 17.1. The number of hydrogen-bond acceptors (Lipinski definition) is 3. The second-order valence-electron chi connectivity index (χ2n) is 7.34. The molecule has 0 bridgehead atoms. The molecule has 4 nitrogen and oxygen atoms in total. The lowest BCUT2D eigenvalue weighted by Crippen LogP contribution is -2.42. The molecule has 1 N–H and O–H groups in total. The van der Waals surface area contributed by atoms with E-state index in [1.807, 2.05) is 0 Å². The van der Waals surface area contributed by atoms with Crippen molar-refractivity contribution >= 4 is 5.70 Å². The molecule has 1 aromatic heterocycles. The first-order valence-electron chi connectivity index (χ1n) is 8.70. The van der Waals surface area contributed by atoms with E-state index in [1.165, 1.54) is 4.57 Å². The highest BCUT2D eigenvalue weighted by Gasteiger charge is 2.45. The molecule has 132 valence electrons. The summed E-state index contributed by atoms with van der Waals surface area (Å²) in [5.41, 5.74) is 1.68. The fourth-order valence-electron chi connectivity index (χ4n) is 4.13. The molecule has 2 unspecified atom stereocenters. The van der Waals surface area contributed by atoms with E-state index in [-0.39, 0.29) is 6.04 Å². The van der Waals surface area contributed by atoms with Crippen LogP contribution in [0.5, 0.6) is 0 Å². The number of likely N-dealkylation sites (tertiary alicyclic amines) is 1. The average Bonchev–Trinajstić information content (AvgIpc) is 2.96. The quantitative estimate of drug-likeness (QED) is 0.918. The van der Waals surface area contributed by atoms with Crippen molar-refractivity contribution < 1.29 is 13.2 Å². The van der Waals surface area contributed by atoms with Gasteiger partial charge in [-0.05, 0) is 31.1 Å². The maximum absolute atomic E-state index is 13.5. The van der Waals surface area contributed by atoms with Gasteiger partial charge in [-0.2, -0.15) is 13.2 Å². The maximum atomic E-state index is 13.5. The summed E-state index contributed by atoms with van der Waals surface area (Å²) in [5.74, 6) is 0.306. The van der Waals surface area contributed by atoms with Crippen LogP contribution in [-0.2, 0) is 19.3 Å². The molecule has 3 heterocycles. The zero-order valence-electron chi connectivity index (χ0n) is 13.9. The predicted molar refractivity (Wildman–Crippen MR) is 85.0 cm³/mol. The third-order valence-electron chi connectivity index (χ3n) is 5.69. The van der Waals surface area contributed by atoms with Crippen LogP contribution < -0.4 is 5.32 Å². The van der Waals surface area contributed by atoms with Gasteiger partial charge < -0.3 is 14.8 Å². The molecule has 1 saturated carbocycles. The fraction of sp³-hybridized carbons (Fsp3) is 0.706. The Balaban J connectivity index is 1.69. The number of rotatable bonds is 3. The van der Waals surface area contributed by atoms with Crippen molar-refractivity contribution in [2.75, 3.05) is 13.1 Å². The monoisotopic (exact) mass is 340 g/mol. The lowest BCUT2D eigenvalue weighted by atomic mass is 10.1. The Bertz CT molecular complexity index is 658. The molecular formula is C17H23F3N4. The first-order chi connectivity index (χ1) is 11.4. The summed E-state index contributed by atoms with van der Waals surface area (Å²) in [6.07, 6.45) is -1.23. The van der Waals surface area contributed by atoms with Crippen LogP contribution >= 0.6 is 0 Å². The van der Waals surface area contributed by atoms with Gasteiger partial charge in [0.15, 0.2) is 0 Å². The van der Waals surface area contributed by atoms with E-state index in [0.29, 0.717) is 42.0 Å². The van der Waals surface area contributed by atoms with Gasteiger partial charge in [0, 0.05) is 32.2 Å². The molecule has 2 fully saturated rings. The smallest absolute Gasteiger partial charge is 0.370 e. The van der Waals surface area contributed by atoms with Crippen LogP contribution in [0.2, 0.25) is 0 Å². The van der Waals surface area contributed by atoms with E-state index in [4.69, 9.17) is 0 Å². The number of nitrogens with one attached hydrogen (secondary N) is 1. The summed E-state index contributed by atoms with van der Waals surface area (Å²) in [6.45, 7) is 8.67. The van der Waals surface area contributed by atoms with Crippen LogP contribution in [0.1, 0.15) is 43.4 Å². The molecule has 7 heteroatoms. The first kappa shape index (κ1) is 16.0. The van der Waals surface area contributed by atoms with E-state index in [1.54, 1.807) is 0 Å². The molecule has 2 aliphatic heterocycles. The standard InChI is InChI=1S/C17H23F3N4/c1-10-7-12(10)13-9-24-14(8-21-13)15(22-16(24)17(18,19)20)11(2)23-5-3-4-6-23/h10,12-13,21H,2-9H2,1H3/t10?,12-,13?/m0/s1. The molecule has 4 rings (SSSR count). The highest BCUT2D eigenvalue weighted by molar-refractivity contribution is 5.61. The minimum atomic E-state index is -4.44. The molecule has 1 aromatic rings. The second-order valence-corrected chi connectivity index (χ2v) is 7.34. The highest BCUT2D eigenvalue weighted by atomic mass is 19.4. The van der Waals surface area contributed by atoms with Gasteiger partial charge in [-0.15, -0.1) is 0 Å². The topological polar surface area (TPSA) is 33.1 Å². The summed E-state index contributed by atoms with van der Waals surface area (Å²) in [5, 5.41) is 3.43. The van der Waals surface area contributed by atoms with Crippen molar-refractivity contribution in [1.82, 2.24) is 19.8 Å². The van der Waals surface area contributed by atoms with Crippen LogP contribution in [0.3, 0.4) is 0 Å². The normalized spacial score (nSPS) is 29.7. The highest BCUT2D eigenvalue weighted by Crippen LogP contribution is 2.43. The molecule has 0 amide bonds. The second kappa shape index (κ2) is 5.51. The largest absolute Gasteiger partial charge is 0.449 e. The van der Waals surface area contributed by atoms with Crippen molar-refractivity contribution in [3.05, 3.63) is 23.8 Å². The average molecular weight is 340 g/mol. The molecule has 3 aliphatic rings. The summed E-state index contributed by atoms with van der Waals surface area (Å²) in [7, 11) is 0. The minimum absolute atomic E-state index is 0.107. The SMILES string of the molecule is C=C(c1nc(C(F)(F)F)n2c1CNC([C@H]1CC1C)C2)N1CCCC1. The van der Waals surface area contributed by atoms with Gasteiger partial charge in [0.05, 0.1) is 11.4 Å². The van der Waals surface area contributed by atoms with Gasteiger partial charge in [-0.3, -0.25) is 0 Å². The number of alkyl halides is 3. The van der Waals surface area contributed by atoms with Crippen LogP contribution in [0, 0.1) is 11.8 Å². The molecule has 1 saturated heterocycles. The van der Waals surface area contributed by atoms with Gasteiger partial charge in [0.2, 0.25) is 5.82 Å². The molecule has 0 aromatic carbocycles. The Morgan fingerprint density at radius 1 is 1.29 bits per heavy atom. The number of fused-ring (bicyclic) bond motifs is 1. The summed E-state index contributed by atoms with van der Waals surface area (Å²) in [6, 6.07) is 0.107. The lowest BCUT2D eigenvalue weighted by molar-refractivity contribution is -0.147.